The second kappa shape index (κ2) is 6.19. The fraction of sp³-hybridized carbons (Fsp3) is 0.750. The fourth-order valence-electron chi connectivity index (χ4n) is 2.06. The minimum Gasteiger partial charge on any atom is -0.480 e. The molecule has 1 aliphatic carbocycles. The smallest absolute Gasteiger partial charge is 0.325 e. The largest absolute Gasteiger partial charge is 0.480 e. The van der Waals surface area contributed by atoms with Crippen LogP contribution in [0, 0.1) is 12.8 Å². The van der Waals surface area contributed by atoms with E-state index in [-0.39, 0.29) is 5.92 Å². The van der Waals surface area contributed by atoms with E-state index in [1.807, 2.05) is 13.8 Å². The molecule has 0 bridgehead atoms. The van der Waals surface area contributed by atoms with Crippen molar-refractivity contribution in [2.24, 2.45) is 5.92 Å². The van der Waals surface area contributed by atoms with Crippen LogP contribution in [0.4, 0.5) is 0 Å². The number of thioether (sulfide) groups is 1. The molecule has 2 rings (SSSR count). The average molecular weight is 301 g/mol. The highest BCUT2D eigenvalue weighted by Gasteiger charge is 2.50. The Morgan fingerprint density at radius 1 is 1.58 bits per heavy atom. The van der Waals surface area contributed by atoms with Gasteiger partial charge in [-0.05, 0) is 38.6 Å². The van der Waals surface area contributed by atoms with E-state index in [1.54, 1.807) is 0 Å². The predicted molar refractivity (Wildman–Crippen MR) is 76.8 cm³/mol. The van der Waals surface area contributed by atoms with Gasteiger partial charge < -0.3 is 10.4 Å². The zero-order valence-electron chi connectivity index (χ0n) is 11.2. The van der Waals surface area contributed by atoms with Crippen molar-refractivity contribution in [2.75, 3.05) is 12.3 Å². The quantitative estimate of drug-likeness (QED) is 0.717. The van der Waals surface area contributed by atoms with Crippen LogP contribution in [0.15, 0.2) is 4.34 Å². The molecule has 1 aromatic heterocycles. The topological polar surface area (TPSA) is 75.1 Å². The summed E-state index contributed by atoms with van der Waals surface area (Å²) in [5, 5.41) is 21.8. The van der Waals surface area contributed by atoms with Crippen molar-refractivity contribution in [3.05, 3.63) is 5.01 Å². The van der Waals surface area contributed by atoms with Crippen LogP contribution in [0.5, 0.6) is 0 Å². The van der Waals surface area contributed by atoms with Gasteiger partial charge in [0.05, 0.1) is 0 Å². The summed E-state index contributed by atoms with van der Waals surface area (Å²) in [6.45, 7) is 4.69. The van der Waals surface area contributed by atoms with Gasteiger partial charge in [-0.3, -0.25) is 4.79 Å². The van der Waals surface area contributed by atoms with E-state index >= 15 is 0 Å². The second-order valence-corrected chi connectivity index (χ2v) is 7.26. The summed E-state index contributed by atoms with van der Waals surface area (Å²) in [6, 6.07) is 0. The lowest BCUT2D eigenvalue weighted by Crippen LogP contribution is -2.56. The number of hydrogen-bond donors (Lipinski definition) is 2. The van der Waals surface area contributed by atoms with Gasteiger partial charge in [-0.2, -0.15) is 0 Å². The van der Waals surface area contributed by atoms with Crippen LogP contribution in [-0.4, -0.2) is 39.1 Å². The fourth-order valence-corrected chi connectivity index (χ4v) is 4.16. The van der Waals surface area contributed by atoms with Crippen LogP contribution in [-0.2, 0) is 4.79 Å². The van der Waals surface area contributed by atoms with Crippen molar-refractivity contribution in [3.63, 3.8) is 0 Å². The van der Waals surface area contributed by atoms with Crippen LogP contribution in [0.1, 0.15) is 31.2 Å². The molecule has 106 valence electrons. The molecule has 2 N–H and O–H groups in total. The van der Waals surface area contributed by atoms with Gasteiger partial charge in [0.25, 0.3) is 0 Å². The Hall–Kier alpha value is -0.660. The van der Waals surface area contributed by atoms with E-state index in [1.165, 1.54) is 23.1 Å². The molecule has 1 aliphatic rings. The first-order valence-corrected chi connectivity index (χ1v) is 8.30. The van der Waals surface area contributed by atoms with Crippen molar-refractivity contribution >= 4 is 29.1 Å². The minimum atomic E-state index is -0.805. The zero-order chi connectivity index (χ0) is 13.9. The van der Waals surface area contributed by atoms with Crippen LogP contribution in [0.2, 0.25) is 0 Å². The molecular formula is C12H19N3O2S2. The molecule has 1 fully saturated rings. The average Bonchev–Trinajstić information content (AvgIpc) is 3.13. The Morgan fingerprint density at radius 3 is 2.79 bits per heavy atom. The number of hydrogen-bond acceptors (Lipinski definition) is 6. The molecule has 7 heteroatoms. The lowest BCUT2D eigenvalue weighted by Gasteiger charge is -2.30. The maximum Gasteiger partial charge on any atom is 0.325 e. The number of rotatable bonds is 8. The summed E-state index contributed by atoms with van der Waals surface area (Å²) in [5.74, 6) is 0.0250. The molecule has 0 saturated heterocycles. The highest BCUT2D eigenvalue weighted by Crippen LogP contribution is 2.43. The lowest BCUT2D eigenvalue weighted by atomic mass is 9.95. The number of carboxylic acids is 1. The van der Waals surface area contributed by atoms with Crippen LogP contribution < -0.4 is 5.32 Å². The summed E-state index contributed by atoms with van der Waals surface area (Å²) in [6.07, 6.45) is 2.93. The monoisotopic (exact) mass is 301 g/mol. The van der Waals surface area contributed by atoms with Crippen molar-refractivity contribution < 1.29 is 9.90 Å². The number of carboxylic acid groups (broad SMARTS) is 1. The molecule has 0 radical (unpaired) electrons. The Balaban J connectivity index is 2.05. The van der Waals surface area contributed by atoms with Gasteiger partial charge in [0.1, 0.15) is 10.5 Å². The van der Waals surface area contributed by atoms with Crippen molar-refractivity contribution in [2.45, 2.75) is 43.0 Å². The standard InChI is InChI=1S/C12H19N3O2S2/c1-3-6-13-12(10(16)17,9-4-5-9)7-18-11-15-14-8(2)19-11/h9,13H,3-7H2,1-2H3,(H,16,17). The van der Waals surface area contributed by atoms with E-state index in [4.69, 9.17) is 0 Å². The minimum absolute atomic E-state index is 0.248. The van der Waals surface area contributed by atoms with Crippen LogP contribution in [0.3, 0.4) is 0 Å². The van der Waals surface area contributed by atoms with Gasteiger partial charge in [0.2, 0.25) is 0 Å². The molecule has 5 nitrogen and oxygen atoms in total. The zero-order valence-corrected chi connectivity index (χ0v) is 12.8. The van der Waals surface area contributed by atoms with Crippen molar-refractivity contribution in [3.8, 4) is 0 Å². The normalized spacial score (nSPS) is 18.2. The third-order valence-electron chi connectivity index (χ3n) is 3.28. The van der Waals surface area contributed by atoms with E-state index < -0.39 is 11.5 Å². The molecule has 1 saturated carbocycles. The van der Waals surface area contributed by atoms with E-state index in [2.05, 4.69) is 15.5 Å². The number of nitrogens with zero attached hydrogens (tertiary/aromatic N) is 2. The molecule has 0 aromatic carbocycles. The Kier molecular flexibility index (Phi) is 4.81. The number of aliphatic carboxylic acids is 1. The molecule has 0 amide bonds. The molecular weight excluding hydrogens is 282 g/mol. The molecule has 1 heterocycles. The van der Waals surface area contributed by atoms with Gasteiger partial charge in [0, 0.05) is 5.75 Å². The molecule has 0 aliphatic heterocycles. The first-order valence-electron chi connectivity index (χ1n) is 6.50. The second-order valence-electron chi connectivity index (χ2n) is 4.85. The summed E-state index contributed by atoms with van der Waals surface area (Å²) in [5.41, 5.74) is -0.805. The van der Waals surface area contributed by atoms with Crippen LogP contribution >= 0.6 is 23.1 Å². The van der Waals surface area contributed by atoms with E-state index in [0.29, 0.717) is 5.75 Å². The lowest BCUT2D eigenvalue weighted by molar-refractivity contribution is -0.144. The Labute approximate surface area is 121 Å². The van der Waals surface area contributed by atoms with E-state index in [9.17, 15) is 9.90 Å². The molecule has 1 unspecified atom stereocenters. The molecule has 19 heavy (non-hydrogen) atoms. The Morgan fingerprint density at radius 2 is 2.32 bits per heavy atom. The maximum absolute atomic E-state index is 11.7. The van der Waals surface area contributed by atoms with Gasteiger partial charge in [-0.25, -0.2) is 0 Å². The summed E-state index contributed by atoms with van der Waals surface area (Å²) >= 11 is 3.01. The predicted octanol–water partition coefficient (Wildman–Crippen LogP) is 2.17. The summed E-state index contributed by atoms with van der Waals surface area (Å²) in [7, 11) is 0. The SMILES string of the molecule is CCCNC(CSc1nnc(C)s1)(C(=O)O)C1CC1. The first kappa shape index (κ1) is 14.7. The van der Waals surface area contributed by atoms with Gasteiger partial charge in [-0.15, -0.1) is 10.2 Å². The van der Waals surface area contributed by atoms with Crippen molar-refractivity contribution in [1.29, 1.82) is 0 Å². The third-order valence-corrected chi connectivity index (χ3v) is 5.44. The first-order chi connectivity index (χ1) is 9.08. The van der Waals surface area contributed by atoms with Gasteiger partial charge in [-0.1, -0.05) is 30.0 Å². The number of aromatic nitrogens is 2. The maximum atomic E-state index is 11.7. The highest BCUT2D eigenvalue weighted by atomic mass is 32.2. The number of aryl methyl sites for hydroxylation is 1. The molecule has 0 spiro atoms. The van der Waals surface area contributed by atoms with Gasteiger partial charge in [0.15, 0.2) is 4.34 Å². The number of nitrogens with one attached hydrogen (secondary N) is 1. The number of carbonyl (C=O) groups is 1. The Bertz CT molecular complexity index is 448. The third kappa shape index (κ3) is 3.46. The van der Waals surface area contributed by atoms with Crippen LogP contribution in [0.25, 0.3) is 0 Å². The van der Waals surface area contributed by atoms with Gasteiger partial charge >= 0.3 is 5.97 Å². The molecule has 1 atom stereocenters. The highest BCUT2D eigenvalue weighted by molar-refractivity contribution is 8.01. The van der Waals surface area contributed by atoms with E-state index in [0.717, 1.165) is 35.2 Å². The summed E-state index contributed by atoms with van der Waals surface area (Å²) < 4.78 is 0.849. The molecule has 1 aromatic rings. The van der Waals surface area contributed by atoms with Crippen molar-refractivity contribution in [1.82, 2.24) is 15.5 Å². The summed E-state index contributed by atoms with van der Waals surface area (Å²) in [4.78, 5) is 11.7.